The predicted molar refractivity (Wildman–Crippen MR) is 175 cm³/mol. The zero-order valence-electron chi connectivity index (χ0n) is 26.2. The molecule has 0 radical (unpaired) electrons. The van der Waals surface area contributed by atoms with E-state index in [4.69, 9.17) is 0 Å². The predicted octanol–water partition coefficient (Wildman–Crippen LogP) is 12.6. The second-order valence-electron chi connectivity index (χ2n) is 13.2. The average molecular weight is 587 g/mol. The van der Waals surface area contributed by atoms with Crippen molar-refractivity contribution in [3.8, 4) is 22.3 Å². The van der Waals surface area contributed by atoms with E-state index in [0.29, 0.717) is 29.9 Å². The molecular formula is C40H49F3. The van der Waals surface area contributed by atoms with Gasteiger partial charge in [-0.05, 0) is 116 Å². The molecule has 2 aliphatic carbocycles. The van der Waals surface area contributed by atoms with E-state index in [-0.39, 0.29) is 11.4 Å². The quantitative estimate of drug-likeness (QED) is 0.155. The van der Waals surface area contributed by atoms with Gasteiger partial charge in [-0.1, -0.05) is 106 Å². The summed E-state index contributed by atoms with van der Waals surface area (Å²) in [5.74, 6) is 1.24. The van der Waals surface area contributed by atoms with Gasteiger partial charge in [0.15, 0.2) is 11.6 Å². The van der Waals surface area contributed by atoms with Crippen LogP contribution < -0.4 is 0 Å². The van der Waals surface area contributed by atoms with E-state index in [1.807, 2.05) is 43.3 Å². The van der Waals surface area contributed by atoms with E-state index < -0.39 is 11.6 Å². The van der Waals surface area contributed by atoms with Crippen molar-refractivity contribution in [2.45, 2.75) is 110 Å². The van der Waals surface area contributed by atoms with Crippen molar-refractivity contribution < 1.29 is 13.2 Å². The molecule has 2 fully saturated rings. The molecule has 3 heteroatoms. The SMILES string of the molecule is C/C=C/CCc1ccc(-c2ccc(-c3ccc(C4CCC(C5CCC(CCCCC)CC5)CC4)c(F)c3)cc2)c(F)c1F. The number of benzene rings is 3. The summed E-state index contributed by atoms with van der Waals surface area (Å²) in [5, 5.41) is 0. The van der Waals surface area contributed by atoms with Crippen LogP contribution in [0, 0.1) is 35.2 Å². The van der Waals surface area contributed by atoms with Crippen LogP contribution in [-0.2, 0) is 6.42 Å². The Balaban J connectivity index is 1.17. The molecule has 2 aliphatic rings. The fourth-order valence-electron chi connectivity index (χ4n) is 7.82. The number of hydrogen-bond donors (Lipinski definition) is 0. The van der Waals surface area contributed by atoms with Gasteiger partial charge in [0.2, 0.25) is 0 Å². The third-order valence-electron chi connectivity index (χ3n) is 10.5. The van der Waals surface area contributed by atoms with Crippen LogP contribution in [0.2, 0.25) is 0 Å². The maximum absolute atomic E-state index is 15.4. The Morgan fingerprint density at radius 3 is 2.00 bits per heavy atom. The molecule has 0 unspecified atom stereocenters. The van der Waals surface area contributed by atoms with Crippen molar-refractivity contribution in [3.05, 3.63) is 95.3 Å². The first-order valence-electron chi connectivity index (χ1n) is 17.0. The van der Waals surface area contributed by atoms with Crippen LogP contribution in [0.3, 0.4) is 0 Å². The second kappa shape index (κ2) is 15.3. The topological polar surface area (TPSA) is 0 Å². The Hall–Kier alpha value is -2.81. The molecule has 43 heavy (non-hydrogen) atoms. The first-order valence-corrected chi connectivity index (χ1v) is 17.0. The molecule has 0 saturated heterocycles. The Labute approximate surface area is 257 Å². The summed E-state index contributed by atoms with van der Waals surface area (Å²) in [5.41, 5.74) is 3.77. The Kier molecular flexibility index (Phi) is 11.2. The van der Waals surface area contributed by atoms with Crippen LogP contribution in [-0.4, -0.2) is 0 Å². The highest BCUT2D eigenvalue weighted by Gasteiger charge is 2.32. The summed E-state index contributed by atoms with van der Waals surface area (Å²) >= 11 is 0. The molecule has 0 atom stereocenters. The molecule has 0 spiro atoms. The van der Waals surface area contributed by atoms with Crippen LogP contribution in [0.5, 0.6) is 0 Å². The van der Waals surface area contributed by atoms with Gasteiger partial charge in [-0.2, -0.15) is 0 Å². The van der Waals surface area contributed by atoms with Gasteiger partial charge in [-0.3, -0.25) is 0 Å². The average Bonchev–Trinajstić information content (AvgIpc) is 3.04. The van der Waals surface area contributed by atoms with Crippen LogP contribution >= 0.6 is 0 Å². The number of allylic oxidation sites excluding steroid dienone is 2. The van der Waals surface area contributed by atoms with Crippen LogP contribution in [0.15, 0.2) is 66.7 Å². The number of rotatable bonds is 11. The van der Waals surface area contributed by atoms with Crippen LogP contribution in [0.25, 0.3) is 22.3 Å². The highest BCUT2D eigenvalue weighted by molar-refractivity contribution is 5.71. The molecule has 0 aromatic heterocycles. The Morgan fingerprint density at radius 1 is 0.698 bits per heavy atom. The smallest absolute Gasteiger partial charge is 0.166 e. The molecular weight excluding hydrogens is 537 g/mol. The van der Waals surface area contributed by atoms with E-state index in [9.17, 15) is 8.78 Å². The largest absolute Gasteiger partial charge is 0.207 e. The fraction of sp³-hybridized carbons (Fsp3) is 0.500. The van der Waals surface area contributed by atoms with E-state index in [1.165, 1.54) is 64.2 Å². The van der Waals surface area contributed by atoms with Crippen molar-refractivity contribution in [1.82, 2.24) is 0 Å². The maximum Gasteiger partial charge on any atom is 0.166 e. The monoisotopic (exact) mass is 586 g/mol. The minimum Gasteiger partial charge on any atom is -0.207 e. The first-order chi connectivity index (χ1) is 21.0. The lowest BCUT2D eigenvalue weighted by molar-refractivity contribution is 0.155. The summed E-state index contributed by atoms with van der Waals surface area (Å²) in [6.45, 7) is 4.20. The van der Waals surface area contributed by atoms with Crippen LogP contribution in [0.1, 0.15) is 114 Å². The summed E-state index contributed by atoms with van der Waals surface area (Å²) in [7, 11) is 0. The molecule has 230 valence electrons. The zero-order valence-corrected chi connectivity index (χ0v) is 26.2. The summed E-state index contributed by atoms with van der Waals surface area (Å²) in [6.07, 6.45) is 20.8. The lowest BCUT2D eigenvalue weighted by Gasteiger charge is -2.38. The van der Waals surface area contributed by atoms with Gasteiger partial charge in [-0.15, -0.1) is 0 Å². The van der Waals surface area contributed by atoms with E-state index in [0.717, 1.165) is 47.3 Å². The molecule has 0 aliphatic heterocycles. The molecule has 0 amide bonds. The normalized spacial score (nSPS) is 22.7. The van der Waals surface area contributed by atoms with Gasteiger partial charge in [0.05, 0.1) is 0 Å². The Bertz CT molecular complexity index is 1340. The van der Waals surface area contributed by atoms with Gasteiger partial charge in [0.25, 0.3) is 0 Å². The van der Waals surface area contributed by atoms with Crippen molar-refractivity contribution in [3.63, 3.8) is 0 Å². The number of unbranched alkanes of at least 4 members (excludes halogenated alkanes) is 2. The van der Waals surface area contributed by atoms with E-state index in [1.54, 1.807) is 30.3 Å². The third kappa shape index (κ3) is 7.83. The summed E-state index contributed by atoms with van der Waals surface area (Å²) in [4.78, 5) is 0. The Morgan fingerprint density at radius 2 is 1.35 bits per heavy atom. The van der Waals surface area contributed by atoms with E-state index >= 15 is 4.39 Å². The van der Waals surface area contributed by atoms with Gasteiger partial charge < -0.3 is 0 Å². The number of aryl methyl sites for hydroxylation is 1. The summed E-state index contributed by atoms with van der Waals surface area (Å²) < 4.78 is 45.0. The van der Waals surface area contributed by atoms with Crippen molar-refractivity contribution in [1.29, 1.82) is 0 Å². The number of hydrogen-bond acceptors (Lipinski definition) is 0. The molecule has 0 heterocycles. The molecule has 2 saturated carbocycles. The highest BCUT2D eigenvalue weighted by Crippen LogP contribution is 2.45. The van der Waals surface area contributed by atoms with Crippen molar-refractivity contribution in [2.24, 2.45) is 17.8 Å². The molecule has 0 nitrogen and oxygen atoms in total. The molecule has 5 rings (SSSR count). The van der Waals surface area contributed by atoms with Gasteiger partial charge in [-0.25, -0.2) is 13.2 Å². The third-order valence-corrected chi connectivity index (χ3v) is 10.5. The fourth-order valence-corrected chi connectivity index (χ4v) is 7.82. The minimum absolute atomic E-state index is 0.126. The van der Waals surface area contributed by atoms with Gasteiger partial charge >= 0.3 is 0 Å². The minimum atomic E-state index is -0.814. The van der Waals surface area contributed by atoms with E-state index in [2.05, 4.69) is 6.92 Å². The van der Waals surface area contributed by atoms with Gasteiger partial charge in [0, 0.05) is 5.56 Å². The number of halogens is 3. The standard InChI is InChI=1S/C40H49F3/c1-3-5-7-9-28-11-13-29(14-12-28)30-15-19-32(20-16-30)36-25-24-35(27-38(36)41)31-17-21-33(22-18-31)37-26-23-34(10-8-6-4-2)39(42)40(37)43/h4,6,17-18,21-30,32H,3,5,7-16,19-20H2,1-2H3/b6-4+. The van der Waals surface area contributed by atoms with Crippen molar-refractivity contribution >= 4 is 0 Å². The lowest BCUT2D eigenvalue weighted by atomic mass is 9.68. The van der Waals surface area contributed by atoms with Crippen LogP contribution in [0.4, 0.5) is 13.2 Å². The second-order valence-corrected chi connectivity index (χ2v) is 13.2. The summed E-state index contributed by atoms with van der Waals surface area (Å²) in [6, 6.07) is 16.3. The maximum atomic E-state index is 15.4. The first kappa shape index (κ1) is 31.6. The molecule has 3 aromatic carbocycles. The van der Waals surface area contributed by atoms with Crippen molar-refractivity contribution in [2.75, 3.05) is 0 Å². The highest BCUT2D eigenvalue weighted by atomic mass is 19.2. The zero-order chi connectivity index (χ0) is 30.2. The molecule has 3 aromatic rings. The lowest BCUT2D eigenvalue weighted by Crippen LogP contribution is -2.25. The molecule has 0 N–H and O–H groups in total. The molecule has 0 bridgehead atoms. The van der Waals surface area contributed by atoms with Gasteiger partial charge in [0.1, 0.15) is 5.82 Å².